The van der Waals surface area contributed by atoms with Gasteiger partial charge in [0.2, 0.25) is 0 Å². The highest BCUT2D eigenvalue weighted by atomic mass is 16.6. The molecule has 2 bridgehead atoms. The predicted octanol–water partition coefficient (Wildman–Crippen LogP) is 4.44. The molecule has 3 atom stereocenters. The normalized spacial score (nSPS) is 34.7. The van der Waals surface area contributed by atoms with E-state index in [4.69, 9.17) is 4.74 Å². The van der Waals surface area contributed by atoms with Crippen LogP contribution in [0, 0.1) is 5.92 Å². The zero-order valence-corrected chi connectivity index (χ0v) is 13.2. The van der Waals surface area contributed by atoms with Gasteiger partial charge in [0, 0.05) is 12.3 Å². The molecule has 2 aromatic rings. The van der Waals surface area contributed by atoms with Gasteiger partial charge >= 0.3 is 0 Å². The van der Waals surface area contributed by atoms with Crippen molar-refractivity contribution in [3.63, 3.8) is 0 Å². The molecule has 2 aromatic carbocycles. The molecule has 2 heterocycles. The maximum absolute atomic E-state index is 11.0. The number of ether oxygens (including phenoxy) is 1. The lowest BCUT2D eigenvalue weighted by molar-refractivity contribution is -0.232. The summed E-state index contributed by atoms with van der Waals surface area (Å²) in [6.45, 7) is 2.17. The number of rotatable bonds is 2. The van der Waals surface area contributed by atoms with E-state index < -0.39 is 5.79 Å². The van der Waals surface area contributed by atoms with Crippen LogP contribution in [0.2, 0.25) is 0 Å². The van der Waals surface area contributed by atoms with E-state index >= 15 is 0 Å². The minimum atomic E-state index is -0.920. The van der Waals surface area contributed by atoms with E-state index in [-0.39, 0.29) is 11.5 Å². The van der Waals surface area contributed by atoms with Gasteiger partial charge in [-0.2, -0.15) is 0 Å². The van der Waals surface area contributed by atoms with Crippen molar-refractivity contribution >= 4 is 10.8 Å². The van der Waals surface area contributed by atoms with Crippen LogP contribution in [0.15, 0.2) is 42.5 Å². The molecule has 2 aliphatic heterocycles. The first kappa shape index (κ1) is 14.2. The van der Waals surface area contributed by atoms with E-state index in [2.05, 4.69) is 49.4 Å². The third kappa shape index (κ3) is 2.45. The summed E-state index contributed by atoms with van der Waals surface area (Å²) in [5.41, 5.74) is 1.17. The molecule has 0 amide bonds. The second kappa shape index (κ2) is 5.07. The Bertz CT molecular complexity index is 695. The summed E-state index contributed by atoms with van der Waals surface area (Å²) in [5, 5.41) is 13.5. The number of benzene rings is 2. The van der Waals surface area contributed by atoms with Crippen LogP contribution in [-0.2, 0) is 11.2 Å². The zero-order chi connectivity index (χ0) is 15.2. The van der Waals surface area contributed by atoms with Gasteiger partial charge in [0.1, 0.15) is 0 Å². The summed E-state index contributed by atoms with van der Waals surface area (Å²) in [6, 6.07) is 15.1. The highest BCUT2D eigenvalue weighted by Gasteiger charge is 2.53. The van der Waals surface area contributed by atoms with Crippen molar-refractivity contribution in [2.24, 2.45) is 5.92 Å². The van der Waals surface area contributed by atoms with Gasteiger partial charge in [-0.1, -0.05) is 48.9 Å². The maximum atomic E-state index is 11.0. The van der Waals surface area contributed by atoms with Gasteiger partial charge in [0.25, 0.3) is 0 Å². The number of hydrogen-bond donors (Lipinski definition) is 1. The molecule has 116 valence electrons. The molecule has 0 aliphatic carbocycles. The Morgan fingerprint density at radius 2 is 1.86 bits per heavy atom. The molecule has 22 heavy (non-hydrogen) atoms. The fourth-order valence-corrected chi connectivity index (χ4v) is 4.40. The van der Waals surface area contributed by atoms with E-state index in [0.717, 1.165) is 32.1 Å². The van der Waals surface area contributed by atoms with E-state index in [9.17, 15) is 5.11 Å². The van der Waals surface area contributed by atoms with Gasteiger partial charge in [-0.3, -0.25) is 0 Å². The van der Waals surface area contributed by atoms with E-state index in [1.165, 1.54) is 22.8 Å². The first-order valence-electron chi connectivity index (χ1n) is 8.47. The molecule has 2 aliphatic rings. The quantitative estimate of drug-likeness (QED) is 0.887. The van der Waals surface area contributed by atoms with Crippen LogP contribution in [0.5, 0.6) is 0 Å². The van der Waals surface area contributed by atoms with Crippen LogP contribution in [0.3, 0.4) is 0 Å². The smallest absolute Gasteiger partial charge is 0.169 e. The van der Waals surface area contributed by atoms with Gasteiger partial charge in [-0.15, -0.1) is 0 Å². The first-order valence-corrected chi connectivity index (χ1v) is 8.47. The lowest BCUT2D eigenvalue weighted by Gasteiger charge is -2.29. The third-order valence-corrected chi connectivity index (χ3v) is 5.53. The van der Waals surface area contributed by atoms with Crippen molar-refractivity contribution in [2.75, 3.05) is 0 Å². The fraction of sp³-hybridized carbons (Fsp3) is 0.500. The van der Waals surface area contributed by atoms with Gasteiger partial charge in [0.15, 0.2) is 5.79 Å². The van der Waals surface area contributed by atoms with Gasteiger partial charge in [-0.05, 0) is 48.9 Å². The Labute approximate surface area is 132 Å². The third-order valence-electron chi connectivity index (χ3n) is 5.53. The standard InChI is InChI=1S/C20H24O2/c1-19-10-4-5-11-20(21,22-19)18(14-19)13-15-8-9-16-6-2-3-7-17(16)12-15/h2-3,6-9,12,18,21H,4-5,10-11,13-14H2,1H3/t18-,19+,20-/m0/s1. The molecule has 2 heteroatoms. The highest BCUT2D eigenvalue weighted by Crippen LogP contribution is 2.49. The van der Waals surface area contributed by atoms with Crippen molar-refractivity contribution in [1.82, 2.24) is 0 Å². The Hall–Kier alpha value is -1.38. The first-order chi connectivity index (χ1) is 10.6. The molecular formula is C20H24O2. The maximum Gasteiger partial charge on any atom is 0.169 e. The molecule has 1 N–H and O–H groups in total. The molecule has 0 unspecified atom stereocenters. The van der Waals surface area contributed by atoms with Crippen LogP contribution in [0.4, 0.5) is 0 Å². The van der Waals surface area contributed by atoms with Gasteiger partial charge in [-0.25, -0.2) is 0 Å². The summed E-state index contributed by atoms with van der Waals surface area (Å²) >= 11 is 0. The predicted molar refractivity (Wildman–Crippen MR) is 88.7 cm³/mol. The summed E-state index contributed by atoms with van der Waals surface area (Å²) in [4.78, 5) is 0. The summed E-state index contributed by atoms with van der Waals surface area (Å²) in [5.74, 6) is -0.712. The zero-order valence-electron chi connectivity index (χ0n) is 13.2. The number of aliphatic hydroxyl groups is 1. The summed E-state index contributed by atoms with van der Waals surface area (Å²) in [7, 11) is 0. The molecule has 2 fully saturated rings. The van der Waals surface area contributed by atoms with E-state index in [0.29, 0.717) is 0 Å². The largest absolute Gasteiger partial charge is 0.365 e. The minimum Gasteiger partial charge on any atom is -0.365 e. The second-order valence-corrected chi connectivity index (χ2v) is 7.39. The van der Waals surface area contributed by atoms with Crippen molar-refractivity contribution in [2.45, 2.75) is 56.8 Å². The van der Waals surface area contributed by atoms with Crippen LogP contribution in [0.1, 0.15) is 44.6 Å². The van der Waals surface area contributed by atoms with Crippen LogP contribution in [-0.4, -0.2) is 16.5 Å². The molecule has 0 saturated carbocycles. The highest BCUT2D eigenvalue weighted by molar-refractivity contribution is 5.82. The number of fused-ring (bicyclic) bond motifs is 3. The van der Waals surface area contributed by atoms with Crippen molar-refractivity contribution in [3.05, 3.63) is 48.0 Å². The molecule has 0 aromatic heterocycles. The van der Waals surface area contributed by atoms with Crippen molar-refractivity contribution < 1.29 is 9.84 Å². The van der Waals surface area contributed by atoms with E-state index in [1.54, 1.807) is 0 Å². The number of hydrogen-bond acceptors (Lipinski definition) is 2. The van der Waals surface area contributed by atoms with Crippen LogP contribution < -0.4 is 0 Å². The lowest BCUT2D eigenvalue weighted by atomic mass is 9.80. The molecular weight excluding hydrogens is 272 g/mol. The second-order valence-electron chi connectivity index (χ2n) is 7.39. The lowest BCUT2D eigenvalue weighted by Crippen LogP contribution is -2.36. The van der Waals surface area contributed by atoms with Gasteiger partial charge < -0.3 is 9.84 Å². The Morgan fingerprint density at radius 3 is 2.73 bits per heavy atom. The molecule has 4 rings (SSSR count). The molecule has 0 radical (unpaired) electrons. The van der Waals surface area contributed by atoms with Crippen molar-refractivity contribution in [1.29, 1.82) is 0 Å². The Balaban J connectivity index is 1.62. The molecule has 0 spiro atoms. The van der Waals surface area contributed by atoms with Crippen molar-refractivity contribution in [3.8, 4) is 0 Å². The topological polar surface area (TPSA) is 29.5 Å². The SMILES string of the molecule is C[C@]12CCCC[C@](O)(O1)[C@@H](Cc1ccc3ccccc3c1)C2. The Morgan fingerprint density at radius 1 is 1.09 bits per heavy atom. The summed E-state index contributed by atoms with van der Waals surface area (Å²) < 4.78 is 6.13. The van der Waals surface area contributed by atoms with E-state index in [1.807, 2.05) is 0 Å². The average Bonchev–Trinajstić information content (AvgIpc) is 2.64. The summed E-state index contributed by atoms with van der Waals surface area (Å²) in [6.07, 6.45) is 5.96. The fourth-order valence-electron chi connectivity index (χ4n) is 4.40. The Kier molecular flexibility index (Phi) is 3.28. The minimum absolute atomic E-state index is 0.132. The molecule has 2 nitrogen and oxygen atoms in total. The monoisotopic (exact) mass is 296 g/mol. The molecule has 2 saturated heterocycles. The average molecular weight is 296 g/mol. The van der Waals surface area contributed by atoms with Gasteiger partial charge in [0.05, 0.1) is 5.60 Å². The van der Waals surface area contributed by atoms with Crippen LogP contribution >= 0.6 is 0 Å². The van der Waals surface area contributed by atoms with Crippen LogP contribution in [0.25, 0.3) is 10.8 Å².